The minimum Gasteiger partial charge on any atom is -0.497 e. The van der Waals surface area contributed by atoms with Crippen LogP contribution in [-0.2, 0) is 20.7 Å². The van der Waals surface area contributed by atoms with E-state index >= 15 is 0 Å². The van der Waals surface area contributed by atoms with Gasteiger partial charge in [0.05, 0.1) is 39.6 Å². The second-order valence-electron chi connectivity index (χ2n) is 13.5. The molecule has 1 N–H and O–H groups in total. The summed E-state index contributed by atoms with van der Waals surface area (Å²) in [4.78, 5) is 30.9. The van der Waals surface area contributed by atoms with Gasteiger partial charge in [0.1, 0.15) is 17.6 Å². The normalized spacial score (nSPS) is 23.4. The second-order valence-corrected chi connectivity index (χ2v) is 18.3. The number of carbonyl (C=O) groups excluding carboxylic acids is 2. The maximum atomic E-state index is 14.0. The summed E-state index contributed by atoms with van der Waals surface area (Å²) in [5.41, 5.74) is 3.71. The highest BCUT2D eigenvalue weighted by atomic mass is 28.3. The lowest BCUT2D eigenvalue weighted by atomic mass is 9.86. The van der Waals surface area contributed by atoms with Crippen LogP contribution in [0.4, 0.5) is 11.4 Å². The Morgan fingerprint density at radius 1 is 1.07 bits per heavy atom. The first-order chi connectivity index (χ1) is 22.2. The van der Waals surface area contributed by atoms with Gasteiger partial charge in [-0.2, -0.15) is 0 Å². The van der Waals surface area contributed by atoms with E-state index in [-0.39, 0.29) is 48.1 Å². The van der Waals surface area contributed by atoms with E-state index in [0.717, 1.165) is 53.3 Å². The van der Waals surface area contributed by atoms with E-state index < -0.39 is 8.07 Å². The van der Waals surface area contributed by atoms with E-state index in [0.29, 0.717) is 19.4 Å². The summed E-state index contributed by atoms with van der Waals surface area (Å²) in [5, 5.41) is 11.2. The molecule has 1 fully saturated rings. The number of aryl methyl sites for hydroxylation is 1. The molecular formula is C37H46N2O6Si. The highest BCUT2D eigenvalue weighted by Gasteiger charge is 2.49. The molecule has 244 valence electrons. The molecule has 0 saturated carbocycles. The molecule has 5 atom stereocenters. The molecule has 8 nitrogen and oxygen atoms in total. The number of aliphatic hydroxyl groups excluding tert-OH is 1. The molecule has 0 spiro atoms. The Morgan fingerprint density at radius 3 is 2.54 bits per heavy atom. The van der Waals surface area contributed by atoms with Gasteiger partial charge in [0.15, 0.2) is 0 Å². The summed E-state index contributed by atoms with van der Waals surface area (Å²) in [6.07, 6.45) is 2.69. The highest BCUT2D eigenvalue weighted by molar-refractivity contribution is 6.91. The van der Waals surface area contributed by atoms with Crippen molar-refractivity contribution in [3.63, 3.8) is 0 Å². The van der Waals surface area contributed by atoms with Crippen molar-refractivity contribution in [2.75, 3.05) is 32.3 Å². The van der Waals surface area contributed by atoms with Gasteiger partial charge < -0.3 is 24.2 Å². The number of para-hydroxylation sites is 1. The summed E-state index contributed by atoms with van der Waals surface area (Å²) in [5.74, 6) is 1.59. The number of amides is 2. The van der Waals surface area contributed by atoms with Crippen LogP contribution >= 0.6 is 0 Å². The zero-order valence-corrected chi connectivity index (χ0v) is 28.6. The first-order valence-corrected chi connectivity index (χ1v) is 19.5. The Kier molecular flexibility index (Phi) is 9.28. The van der Waals surface area contributed by atoms with E-state index in [1.54, 1.807) is 14.2 Å². The largest absolute Gasteiger partial charge is 0.497 e. The molecule has 3 aliphatic heterocycles. The van der Waals surface area contributed by atoms with Crippen LogP contribution in [0.25, 0.3) is 0 Å². The highest BCUT2D eigenvalue weighted by Crippen LogP contribution is 2.49. The topological polar surface area (TPSA) is 88.5 Å². The fraction of sp³-hybridized carbons (Fsp3) is 0.459. The maximum Gasteiger partial charge on any atom is 0.231 e. The van der Waals surface area contributed by atoms with Crippen LogP contribution < -0.4 is 19.6 Å². The quantitative estimate of drug-likeness (QED) is 0.299. The van der Waals surface area contributed by atoms with Crippen molar-refractivity contribution < 1.29 is 28.9 Å². The summed E-state index contributed by atoms with van der Waals surface area (Å²) in [7, 11) is 1.02. The SMILES string of the molecule is COc1ccc([Si](C)(C)C(CC(=O)N2CCC[C@H]2CO)[C@H]2Oc3ccc(N4C(=O)CCc5ccccc54)cc3[C@@H](OC)[C@@H]2C)cc1. The Labute approximate surface area is 273 Å². The molecular weight excluding hydrogens is 597 g/mol. The number of hydrogen-bond acceptors (Lipinski definition) is 6. The third-order valence-corrected chi connectivity index (χ3v) is 14.8. The van der Waals surface area contributed by atoms with Crippen LogP contribution in [0, 0.1) is 5.92 Å². The maximum absolute atomic E-state index is 14.0. The monoisotopic (exact) mass is 642 g/mol. The number of nitrogens with zero attached hydrogens (tertiary/aromatic N) is 2. The van der Waals surface area contributed by atoms with E-state index in [4.69, 9.17) is 14.2 Å². The van der Waals surface area contributed by atoms with Crippen molar-refractivity contribution in [3.8, 4) is 11.5 Å². The molecule has 0 aromatic heterocycles. The van der Waals surface area contributed by atoms with Gasteiger partial charge in [0, 0.05) is 49.2 Å². The van der Waals surface area contributed by atoms with Crippen LogP contribution in [0.5, 0.6) is 11.5 Å². The fourth-order valence-electron chi connectivity index (χ4n) is 7.89. The third kappa shape index (κ3) is 5.85. The van der Waals surface area contributed by atoms with Crippen molar-refractivity contribution >= 4 is 36.4 Å². The first kappa shape index (κ1) is 32.3. The minimum atomic E-state index is -2.37. The van der Waals surface area contributed by atoms with Crippen molar-refractivity contribution in [1.82, 2.24) is 4.90 Å². The number of benzene rings is 3. The molecule has 46 heavy (non-hydrogen) atoms. The molecule has 0 bridgehead atoms. The van der Waals surface area contributed by atoms with Gasteiger partial charge in [-0.1, -0.05) is 55.5 Å². The Balaban J connectivity index is 1.37. The van der Waals surface area contributed by atoms with Gasteiger partial charge in [0.2, 0.25) is 11.8 Å². The molecule has 9 heteroatoms. The molecule has 3 aliphatic rings. The number of fused-ring (bicyclic) bond motifs is 2. The summed E-state index contributed by atoms with van der Waals surface area (Å²) < 4.78 is 18.6. The number of methoxy groups -OCH3 is 2. The van der Waals surface area contributed by atoms with Crippen molar-refractivity contribution in [3.05, 3.63) is 77.9 Å². The van der Waals surface area contributed by atoms with E-state index in [2.05, 4.69) is 38.2 Å². The van der Waals surface area contributed by atoms with E-state index in [1.165, 1.54) is 5.19 Å². The lowest BCUT2D eigenvalue weighted by molar-refractivity contribution is -0.133. The van der Waals surface area contributed by atoms with Gasteiger partial charge >= 0.3 is 0 Å². The number of ether oxygens (including phenoxy) is 3. The van der Waals surface area contributed by atoms with Crippen LogP contribution in [0.2, 0.25) is 18.6 Å². The molecule has 3 heterocycles. The molecule has 3 aromatic carbocycles. The molecule has 2 amide bonds. The lowest BCUT2D eigenvalue weighted by Gasteiger charge is -2.46. The molecule has 3 aromatic rings. The molecule has 1 unspecified atom stereocenters. The van der Waals surface area contributed by atoms with Crippen LogP contribution in [0.1, 0.15) is 49.8 Å². The predicted octanol–water partition coefficient (Wildman–Crippen LogP) is 5.75. The van der Waals surface area contributed by atoms with Crippen LogP contribution in [0.3, 0.4) is 0 Å². The predicted molar refractivity (Wildman–Crippen MR) is 182 cm³/mol. The number of hydrogen-bond donors (Lipinski definition) is 1. The van der Waals surface area contributed by atoms with Crippen molar-refractivity contribution in [2.45, 2.75) is 75.9 Å². The van der Waals surface area contributed by atoms with Gasteiger partial charge in [-0.25, -0.2) is 0 Å². The van der Waals surface area contributed by atoms with Gasteiger partial charge in [-0.05, 0) is 61.2 Å². The number of aliphatic hydroxyl groups is 1. The van der Waals surface area contributed by atoms with Crippen molar-refractivity contribution in [2.24, 2.45) is 5.92 Å². The third-order valence-electron chi connectivity index (χ3n) is 10.6. The summed E-state index contributed by atoms with van der Waals surface area (Å²) >= 11 is 0. The first-order valence-electron chi connectivity index (χ1n) is 16.5. The lowest BCUT2D eigenvalue weighted by Crippen LogP contribution is -2.55. The zero-order valence-electron chi connectivity index (χ0n) is 27.6. The summed E-state index contributed by atoms with van der Waals surface area (Å²) in [6.45, 7) is 7.44. The standard InChI is InChI=1S/C37H46N2O6Si/c1-24-36(44-3)30-21-26(39-31-11-7-6-9-25(31)12-19-34(39)41)13-18-32(30)45-37(24)33(22-35(42)38-20-8-10-27(38)23-40)46(4,5)29-16-14-28(43-2)15-17-29/h6-7,9,11,13-18,21,24,27,33,36-37,40H,8,10,12,19-20,22-23H2,1-5H3/t24-,27-,33?,36-,37-/m0/s1. The number of anilines is 2. The summed E-state index contributed by atoms with van der Waals surface area (Å²) in [6, 6.07) is 22.1. The van der Waals surface area contributed by atoms with Crippen LogP contribution in [-0.4, -0.2) is 69.4 Å². The fourth-order valence-corrected chi connectivity index (χ4v) is 11.2. The van der Waals surface area contributed by atoms with Crippen LogP contribution in [0.15, 0.2) is 66.7 Å². The molecule has 0 radical (unpaired) electrons. The van der Waals surface area contributed by atoms with Crippen molar-refractivity contribution in [1.29, 1.82) is 0 Å². The van der Waals surface area contributed by atoms with Gasteiger partial charge in [-0.3, -0.25) is 14.5 Å². The zero-order chi connectivity index (χ0) is 32.6. The van der Waals surface area contributed by atoms with E-state index in [1.807, 2.05) is 58.3 Å². The average Bonchev–Trinajstić information content (AvgIpc) is 3.56. The number of likely N-dealkylation sites (tertiary alicyclic amines) is 1. The number of carbonyl (C=O) groups is 2. The van der Waals surface area contributed by atoms with Gasteiger partial charge in [-0.15, -0.1) is 0 Å². The number of rotatable bonds is 9. The average molecular weight is 643 g/mol. The molecule has 1 saturated heterocycles. The molecule has 0 aliphatic carbocycles. The minimum absolute atomic E-state index is 0.0164. The Hall–Kier alpha value is -3.66. The van der Waals surface area contributed by atoms with Gasteiger partial charge in [0.25, 0.3) is 0 Å². The second kappa shape index (κ2) is 13.2. The molecule has 6 rings (SSSR count). The Bertz CT molecular complexity index is 1580. The Morgan fingerprint density at radius 2 is 1.83 bits per heavy atom. The smallest absolute Gasteiger partial charge is 0.231 e. The van der Waals surface area contributed by atoms with E-state index in [9.17, 15) is 14.7 Å².